The normalized spacial score (nSPS) is 11.8. The largest absolute Gasteiger partial charge is 0.309 e. The summed E-state index contributed by atoms with van der Waals surface area (Å²) in [5.41, 5.74) is 11.3. The Morgan fingerprint density at radius 3 is 1.73 bits per heavy atom. The molecule has 1 nitrogen and oxygen atoms in total. The number of fused-ring (bicyclic) bond motifs is 6. The number of hydrogen-bond acceptors (Lipinski definition) is 1. The Labute approximate surface area is 237 Å². The summed E-state index contributed by atoms with van der Waals surface area (Å²) >= 11 is 1.88. The molecule has 6 aromatic carbocycles. The molecular formula is C38H27NS. The second kappa shape index (κ2) is 8.94. The lowest BCUT2D eigenvalue weighted by Crippen LogP contribution is -1.93. The number of nitrogens with zero attached hydrogens (tertiary/aromatic N) is 1. The van der Waals surface area contributed by atoms with Crippen molar-refractivity contribution in [2.24, 2.45) is 0 Å². The lowest BCUT2D eigenvalue weighted by molar-refractivity contribution is 1.18. The summed E-state index contributed by atoms with van der Waals surface area (Å²) in [6.45, 7) is 4.34. The molecule has 0 fully saturated rings. The van der Waals surface area contributed by atoms with Crippen molar-refractivity contribution >= 4 is 53.3 Å². The van der Waals surface area contributed by atoms with Gasteiger partial charge in [0.2, 0.25) is 0 Å². The molecule has 0 aliphatic carbocycles. The first-order chi connectivity index (χ1) is 19.6. The zero-order valence-electron chi connectivity index (χ0n) is 22.5. The van der Waals surface area contributed by atoms with Crippen LogP contribution in [0.2, 0.25) is 0 Å². The third kappa shape index (κ3) is 3.61. The van der Waals surface area contributed by atoms with Crippen LogP contribution in [-0.4, -0.2) is 4.57 Å². The molecule has 2 aromatic heterocycles. The number of thiophene rings is 1. The van der Waals surface area contributed by atoms with Crippen LogP contribution in [0, 0.1) is 13.8 Å². The van der Waals surface area contributed by atoms with Crippen LogP contribution >= 0.6 is 11.3 Å². The molecule has 190 valence electrons. The molecule has 0 N–H and O–H groups in total. The van der Waals surface area contributed by atoms with E-state index in [4.69, 9.17) is 0 Å². The summed E-state index contributed by atoms with van der Waals surface area (Å²) in [6.07, 6.45) is 0. The molecule has 2 heteroatoms. The van der Waals surface area contributed by atoms with Crippen LogP contribution in [0.4, 0.5) is 0 Å². The van der Waals surface area contributed by atoms with Gasteiger partial charge in [0.1, 0.15) is 0 Å². The average Bonchev–Trinajstić information content (AvgIpc) is 3.53. The highest BCUT2D eigenvalue weighted by Gasteiger charge is 2.13. The van der Waals surface area contributed by atoms with Gasteiger partial charge in [0.25, 0.3) is 0 Å². The Balaban J connectivity index is 1.17. The quantitative estimate of drug-likeness (QED) is 0.214. The zero-order valence-corrected chi connectivity index (χ0v) is 23.3. The Hall–Kier alpha value is -4.66. The molecule has 0 unspecified atom stereocenters. The monoisotopic (exact) mass is 529 g/mol. The minimum atomic E-state index is 1.18. The van der Waals surface area contributed by atoms with Crippen molar-refractivity contribution in [2.75, 3.05) is 0 Å². The third-order valence-electron chi connectivity index (χ3n) is 8.14. The molecule has 0 amide bonds. The van der Waals surface area contributed by atoms with Crippen molar-refractivity contribution < 1.29 is 0 Å². The van der Waals surface area contributed by atoms with Gasteiger partial charge in [0.15, 0.2) is 0 Å². The van der Waals surface area contributed by atoms with Crippen molar-refractivity contribution in [1.82, 2.24) is 4.57 Å². The molecule has 0 aliphatic heterocycles. The van der Waals surface area contributed by atoms with E-state index in [1.54, 1.807) is 0 Å². The van der Waals surface area contributed by atoms with Crippen LogP contribution in [0.1, 0.15) is 11.1 Å². The first-order valence-corrected chi connectivity index (χ1v) is 14.6. The number of aromatic nitrogens is 1. The maximum atomic E-state index is 2.39. The molecule has 0 saturated carbocycles. The molecule has 8 aromatic rings. The Morgan fingerprint density at radius 2 is 1.05 bits per heavy atom. The maximum absolute atomic E-state index is 2.39. The fourth-order valence-corrected chi connectivity index (χ4v) is 7.39. The van der Waals surface area contributed by atoms with Gasteiger partial charge in [-0.25, -0.2) is 0 Å². The van der Waals surface area contributed by atoms with Gasteiger partial charge >= 0.3 is 0 Å². The molecule has 0 bridgehead atoms. The Bertz CT molecular complexity index is 2150. The van der Waals surface area contributed by atoms with E-state index < -0.39 is 0 Å². The van der Waals surface area contributed by atoms with E-state index in [2.05, 4.69) is 146 Å². The Kier molecular flexibility index (Phi) is 5.20. The van der Waals surface area contributed by atoms with Crippen LogP contribution in [-0.2, 0) is 0 Å². The van der Waals surface area contributed by atoms with E-state index in [0.29, 0.717) is 0 Å². The minimum absolute atomic E-state index is 1.18. The van der Waals surface area contributed by atoms with Crippen molar-refractivity contribution in [3.8, 4) is 27.9 Å². The Morgan fingerprint density at radius 1 is 0.475 bits per heavy atom. The minimum Gasteiger partial charge on any atom is -0.309 e. The van der Waals surface area contributed by atoms with E-state index in [1.165, 1.54) is 81.0 Å². The van der Waals surface area contributed by atoms with Gasteiger partial charge in [0, 0.05) is 36.6 Å². The third-order valence-corrected chi connectivity index (χ3v) is 9.35. The van der Waals surface area contributed by atoms with Gasteiger partial charge < -0.3 is 4.57 Å². The van der Waals surface area contributed by atoms with Gasteiger partial charge in [-0.3, -0.25) is 0 Å². The van der Waals surface area contributed by atoms with Crippen LogP contribution in [0.15, 0.2) is 127 Å². The highest BCUT2D eigenvalue weighted by molar-refractivity contribution is 7.26. The van der Waals surface area contributed by atoms with Gasteiger partial charge in [-0.2, -0.15) is 0 Å². The first kappa shape index (κ1) is 23.2. The maximum Gasteiger partial charge on any atom is 0.0541 e. The van der Waals surface area contributed by atoms with Gasteiger partial charge in [0.05, 0.1) is 11.0 Å². The van der Waals surface area contributed by atoms with Crippen molar-refractivity contribution in [1.29, 1.82) is 0 Å². The summed E-state index contributed by atoms with van der Waals surface area (Å²) in [6, 6.07) is 46.9. The van der Waals surface area contributed by atoms with E-state index in [-0.39, 0.29) is 0 Å². The van der Waals surface area contributed by atoms with Crippen molar-refractivity contribution in [2.45, 2.75) is 13.8 Å². The molecule has 0 saturated heterocycles. The topological polar surface area (TPSA) is 4.93 Å². The summed E-state index contributed by atoms with van der Waals surface area (Å²) in [4.78, 5) is 0. The summed E-state index contributed by atoms with van der Waals surface area (Å²) < 4.78 is 5.09. The van der Waals surface area contributed by atoms with Gasteiger partial charge in [-0.1, -0.05) is 96.1 Å². The van der Waals surface area contributed by atoms with E-state index in [0.717, 1.165) is 0 Å². The number of rotatable bonds is 3. The lowest BCUT2D eigenvalue weighted by atomic mass is 9.99. The summed E-state index contributed by atoms with van der Waals surface area (Å²) in [5.74, 6) is 0. The first-order valence-electron chi connectivity index (χ1n) is 13.8. The average molecular weight is 530 g/mol. The summed E-state index contributed by atoms with van der Waals surface area (Å²) in [7, 11) is 0. The molecule has 0 spiro atoms. The number of aryl methyl sites for hydroxylation is 2. The summed E-state index contributed by atoms with van der Waals surface area (Å²) in [5, 5.41) is 5.31. The second-order valence-electron chi connectivity index (χ2n) is 10.8. The molecule has 0 aliphatic rings. The number of hydrogen-bond donors (Lipinski definition) is 0. The predicted molar refractivity (Wildman–Crippen MR) is 174 cm³/mol. The second-order valence-corrected chi connectivity index (χ2v) is 11.8. The van der Waals surface area contributed by atoms with Crippen molar-refractivity contribution in [3.63, 3.8) is 0 Å². The molecule has 8 rings (SSSR count). The highest BCUT2D eigenvalue weighted by Crippen LogP contribution is 2.40. The highest BCUT2D eigenvalue weighted by atomic mass is 32.1. The molecule has 2 heterocycles. The van der Waals surface area contributed by atoms with Gasteiger partial charge in [-0.05, 0) is 78.6 Å². The fraction of sp³-hybridized carbons (Fsp3) is 0.0526. The van der Waals surface area contributed by atoms with E-state index in [1.807, 2.05) is 11.3 Å². The SMILES string of the molecule is Cc1ccc2c(c1)c1cc(C)ccc1n2-c1ccc(-c2ccc(-c3cccc4c3sc3ccccc34)cc2)cc1. The molecule has 0 atom stereocenters. The van der Waals surface area contributed by atoms with Gasteiger partial charge in [-0.15, -0.1) is 11.3 Å². The fourth-order valence-electron chi connectivity index (χ4n) is 6.15. The standard InChI is InChI=1S/C38H27NS/c1-24-10-20-35-33(22-24)34-23-25(2)11-21-36(34)39(35)29-18-16-27(17-19-29)26-12-14-28(15-13-26)30-7-5-8-32-31-6-3-4-9-37(31)40-38(30)32/h3-23H,1-2H3. The number of benzene rings is 6. The smallest absolute Gasteiger partial charge is 0.0541 e. The van der Waals surface area contributed by atoms with Crippen LogP contribution in [0.5, 0.6) is 0 Å². The van der Waals surface area contributed by atoms with E-state index in [9.17, 15) is 0 Å². The van der Waals surface area contributed by atoms with Crippen LogP contribution in [0.3, 0.4) is 0 Å². The van der Waals surface area contributed by atoms with Crippen molar-refractivity contribution in [3.05, 3.63) is 139 Å². The molecular weight excluding hydrogens is 502 g/mol. The predicted octanol–water partition coefficient (Wildman–Crippen LogP) is 11.1. The lowest BCUT2D eigenvalue weighted by Gasteiger charge is -2.10. The molecule has 0 radical (unpaired) electrons. The van der Waals surface area contributed by atoms with Crippen LogP contribution < -0.4 is 0 Å². The van der Waals surface area contributed by atoms with Crippen LogP contribution in [0.25, 0.3) is 69.9 Å². The van der Waals surface area contributed by atoms with E-state index >= 15 is 0 Å². The molecule has 40 heavy (non-hydrogen) atoms. The zero-order chi connectivity index (χ0) is 26.8.